The number of hydrogen-bond acceptors (Lipinski definition) is 5. The molecular formula is C21H37N3O5. The molecule has 8 nitrogen and oxygen atoms in total. The first-order chi connectivity index (χ1) is 13.7. The molecule has 2 aliphatic heterocycles. The molecule has 0 aliphatic carbocycles. The van der Waals surface area contributed by atoms with Gasteiger partial charge < -0.3 is 24.4 Å². The number of nitrogens with zero attached hydrogens (tertiary/aromatic N) is 2. The predicted molar refractivity (Wildman–Crippen MR) is 111 cm³/mol. The van der Waals surface area contributed by atoms with E-state index in [-0.39, 0.29) is 24.3 Å². The zero-order valence-corrected chi connectivity index (χ0v) is 18.4. The second kappa shape index (κ2) is 10.8. The summed E-state index contributed by atoms with van der Waals surface area (Å²) in [7, 11) is 0. The molecule has 0 unspecified atom stereocenters. The van der Waals surface area contributed by atoms with Crippen molar-refractivity contribution in [2.45, 2.75) is 64.7 Å². The van der Waals surface area contributed by atoms with Crippen LogP contribution >= 0.6 is 0 Å². The van der Waals surface area contributed by atoms with Crippen molar-refractivity contribution in [1.29, 1.82) is 0 Å². The van der Waals surface area contributed by atoms with Crippen LogP contribution in [0.25, 0.3) is 0 Å². The molecule has 2 atom stereocenters. The van der Waals surface area contributed by atoms with E-state index in [1.54, 1.807) is 9.80 Å². The van der Waals surface area contributed by atoms with Crippen LogP contribution < -0.4 is 5.32 Å². The first-order valence-corrected chi connectivity index (χ1v) is 10.6. The second-order valence-corrected chi connectivity index (χ2v) is 8.74. The molecule has 0 bridgehead atoms. The molecule has 166 valence electrons. The molecule has 8 heteroatoms. The second-order valence-electron chi connectivity index (χ2n) is 8.74. The number of morpholine rings is 2. The van der Waals surface area contributed by atoms with Crippen LogP contribution in [0, 0.1) is 0 Å². The molecule has 2 fully saturated rings. The Labute approximate surface area is 174 Å². The number of carbonyl (C=O) groups is 2. The van der Waals surface area contributed by atoms with Gasteiger partial charge in [0.05, 0.1) is 32.0 Å². The Bertz CT molecular complexity index is 575. The van der Waals surface area contributed by atoms with E-state index in [1.807, 2.05) is 27.7 Å². The molecule has 0 aromatic carbocycles. The summed E-state index contributed by atoms with van der Waals surface area (Å²) in [5.41, 5.74) is 0.432. The van der Waals surface area contributed by atoms with Crippen molar-refractivity contribution in [3.8, 4) is 0 Å². The Kier molecular flexibility index (Phi) is 8.77. The van der Waals surface area contributed by atoms with Gasteiger partial charge in [0.15, 0.2) is 0 Å². The van der Waals surface area contributed by atoms with Crippen molar-refractivity contribution < 1.29 is 23.8 Å². The van der Waals surface area contributed by atoms with Gasteiger partial charge >= 0.3 is 12.1 Å². The lowest BCUT2D eigenvalue weighted by atomic mass is 10.0. The average molecular weight is 412 g/mol. The molecule has 2 rings (SSSR count). The Morgan fingerprint density at radius 3 is 2.66 bits per heavy atom. The molecular weight excluding hydrogens is 374 g/mol. The molecule has 2 aliphatic rings. The number of rotatable bonds is 6. The first kappa shape index (κ1) is 23.5. The largest absolute Gasteiger partial charge is 0.444 e. The Morgan fingerprint density at radius 1 is 1.21 bits per heavy atom. The van der Waals surface area contributed by atoms with E-state index in [9.17, 15) is 9.59 Å². The summed E-state index contributed by atoms with van der Waals surface area (Å²) >= 11 is 0. The minimum absolute atomic E-state index is 0.0317. The molecule has 2 heterocycles. The SMILES string of the molecule is C=C(CCCCNC(=O)N1CCO[C@H](C)C1)[C@@H]1COCCN1C(=O)OC(C)(C)C. The van der Waals surface area contributed by atoms with Gasteiger partial charge in [-0.3, -0.25) is 4.90 Å². The van der Waals surface area contributed by atoms with Crippen LogP contribution in [0.3, 0.4) is 0 Å². The fourth-order valence-corrected chi connectivity index (χ4v) is 3.43. The monoisotopic (exact) mass is 411 g/mol. The van der Waals surface area contributed by atoms with Crippen LogP contribution in [0.15, 0.2) is 12.2 Å². The highest BCUT2D eigenvalue weighted by molar-refractivity contribution is 5.74. The molecule has 29 heavy (non-hydrogen) atoms. The Hall–Kier alpha value is -1.80. The van der Waals surface area contributed by atoms with Gasteiger partial charge in [0.1, 0.15) is 5.60 Å². The topological polar surface area (TPSA) is 80.3 Å². The quantitative estimate of drug-likeness (QED) is 0.537. The molecule has 0 spiro atoms. The summed E-state index contributed by atoms with van der Waals surface area (Å²) in [5, 5.41) is 2.97. The Morgan fingerprint density at radius 2 is 1.97 bits per heavy atom. The van der Waals surface area contributed by atoms with Crippen molar-refractivity contribution >= 4 is 12.1 Å². The summed E-state index contributed by atoms with van der Waals surface area (Å²) in [6.45, 7) is 15.7. The summed E-state index contributed by atoms with van der Waals surface area (Å²) in [6.07, 6.45) is 2.28. The standard InChI is InChI=1S/C21H37N3O5/c1-16(18-15-27-12-11-24(18)20(26)29-21(3,4)5)8-6-7-9-22-19(25)23-10-13-28-17(2)14-23/h17-18H,1,6-15H2,2-5H3,(H,22,25)/t17-,18+/m1/s1. The van der Waals surface area contributed by atoms with Crippen molar-refractivity contribution in [2.75, 3.05) is 46.0 Å². The Balaban J connectivity index is 1.70. The van der Waals surface area contributed by atoms with Gasteiger partial charge in [0.25, 0.3) is 0 Å². The number of urea groups is 1. The first-order valence-electron chi connectivity index (χ1n) is 10.6. The molecule has 2 saturated heterocycles. The third-order valence-corrected chi connectivity index (χ3v) is 4.96. The summed E-state index contributed by atoms with van der Waals surface area (Å²) in [4.78, 5) is 28.2. The van der Waals surface area contributed by atoms with Crippen molar-refractivity contribution in [3.63, 3.8) is 0 Å². The van der Waals surface area contributed by atoms with Crippen LogP contribution in [0.5, 0.6) is 0 Å². The molecule has 0 radical (unpaired) electrons. The maximum Gasteiger partial charge on any atom is 0.410 e. The van der Waals surface area contributed by atoms with Gasteiger partial charge in [-0.15, -0.1) is 0 Å². The van der Waals surface area contributed by atoms with Crippen LogP contribution in [-0.4, -0.2) is 85.7 Å². The highest BCUT2D eigenvalue weighted by atomic mass is 16.6. The summed E-state index contributed by atoms with van der Waals surface area (Å²) in [5.74, 6) is 0. The average Bonchev–Trinajstić information content (AvgIpc) is 2.66. The van der Waals surface area contributed by atoms with Gasteiger partial charge in [0.2, 0.25) is 0 Å². The highest BCUT2D eigenvalue weighted by Crippen LogP contribution is 2.21. The number of hydrogen-bond donors (Lipinski definition) is 1. The smallest absolute Gasteiger partial charge is 0.410 e. The van der Waals surface area contributed by atoms with Gasteiger partial charge in [-0.05, 0) is 47.0 Å². The van der Waals surface area contributed by atoms with Crippen LogP contribution in [-0.2, 0) is 14.2 Å². The van der Waals surface area contributed by atoms with E-state index in [1.165, 1.54) is 0 Å². The van der Waals surface area contributed by atoms with Crippen molar-refractivity contribution in [2.24, 2.45) is 0 Å². The van der Waals surface area contributed by atoms with E-state index < -0.39 is 5.60 Å². The van der Waals surface area contributed by atoms with Crippen molar-refractivity contribution in [1.82, 2.24) is 15.1 Å². The van der Waals surface area contributed by atoms with Crippen LogP contribution in [0.1, 0.15) is 47.0 Å². The number of ether oxygens (including phenoxy) is 3. The summed E-state index contributed by atoms with van der Waals surface area (Å²) < 4.78 is 16.5. The van der Waals surface area contributed by atoms with Gasteiger partial charge in [-0.25, -0.2) is 9.59 Å². The zero-order valence-electron chi connectivity index (χ0n) is 18.4. The summed E-state index contributed by atoms with van der Waals surface area (Å²) in [6, 6.07) is -0.196. The molecule has 0 aromatic rings. The van der Waals surface area contributed by atoms with Crippen molar-refractivity contribution in [3.05, 3.63) is 12.2 Å². The van der Waals surface area contributed by atoms with Gasteiger partial charge in [0, 0.05) is 26.2 Å². The fraction of sp³-hybridized carbons (Fsp3) is 0.810. The molecule has 0 saturated carbocycles. The lowest BCUT2D eigenvalue weighted by Crippen LogP contribution is -2.51. The van der Waals surface area contributed by atoms with E-state index in [0.29, 0.717) is 46.0 Å². The number of amides is 3. The number of unbranched alkanes of at least 4 members (excludes halogenated alkanes) is 1. The molecule has 1 N–H and O–H groups in total. The van der Waals surface area contributed by atoms with Crippen LogP contribution in [0.2, 0.25) is 0 Å². The zero-order chi connectivity index (χ0) is 21.4. The predicted octanol–water partition coefficient (Wildman–Crippen LogP) is 2.78. The van der Waals surface area contributed by atoms with E-state index >= 15 is 0 Å². The van der Waals surface area contributed by atoms with Crippen LogP contribution in [0.4, 0.5) is 9.59 Å². The number of nitrogens with one attached hydrogen (secondary N) is 1. The minimum Gasteiger partial charge on any atom is -0.444 e. The van der Waals surface area contributed by atoms with E-state index in [0.717, 1.165) is 24.8 Å². The van der Waals surface area contributed by atoms with Gasteiger partial charge in [-0.2, -0.15) is 0 Å². The molecule has 3 amide bonds. The lowest BCUT2D eigenvalue weighted by Gasteiger charge is -2.37. The van der Waals surface area contributed by atoms with E-state index in [2.05, 4.69) is 11.9 Å². The minimum atomic E-state index is -0.530. The fourth-order valence-electron chi connectivity index (χ4n) is 3.43. The lowest BCUT2D eigenvalue weighted by molar-refractivity contribution is -0.0246. The number of carbonyl (C=O) groups excluding carboxylic acids is 2. The third-order valence-electron chi connectivity index (χ3n) is 4.96. The van der Waals surface area contributed by atoms with Gasteiger partial charge in [-0.1, -0.05) is 12.2 Å². The third kappa shape index (κ3) is 7.85. The maximum atomic E-state index is 12.5. The van der Waals surface area contributed by atoms with E-state index in [4.69, 9.17) is 14.2 Å². The highest BCUT2D eigenvalue weighted by Gasteiger charge is 2.32. The normalized spacial score (nSPS) is 22.9. The maximum absolute atomic E-state index is 12.5. The molecule has 0 aromatic heterocycles.